The second-order valence-electron chi connectivity index (χ2n) is 6.30. The lowest BCUT2D eigenvalue weighted by atomic mass is 10.1. The zero-order valence-corrected chi connectivity index (χ0v) is 15.6. The maximum absolute atomic E-state index is 12.7. The number of nitrogens with one attached hydrogen (secondary N) is 1. The molecule has 0 unspecified atom stereocenters. The Balaban J connectivity index is 1.79. The van der Waals surface area contributed by atoms with Gasteiger partial charge in [0.2, 0.25) is 0 Å². The summed E-state index contributed by atoms with van der Waals surface area (Å²) >= 11 is 6.16. The Morgan fingerprint density at radius 1 is 1.15 bits per heavy atom. The Labute approximate surface area is 158 Å². The van der Waals surface area contributed by atoms with Crippen molar-refractivity contribution in [3.05, 3.63) is 82.9 Å². The number of nitrogens with zero attached hydrogens (tertiary/aromatic N) is 3. The topological polar surface area (TPSA) is 50.2 Å². The van der Waals surface area contributed by atoms with E-state index in [-0.39, 0.29) is 5.91 Å². The fourth-order valence-electron chi connectivity index (χ4n) is 2.70. The lowest BCUT2D eigenvalue weighted by Crippen LogP contribution is -2.24. The van der Waals surface area contributed by atoms with Crippen LogP contribution >= 0.6 is 11.6 Å². The second kappa shape index (κ2) is 8.17. The Morgan fingerprint density at radius 2 is 1.88 bits per heavy atom. The van der Waals surface area contributed by atoms with Gasteiger partial charge in [0, 0.05) is 24.3 Å². The summed E-state index contributed by atoms with van der Waals surface area (Å²) in [6, 6.07) is 15.0. The molecule has 0 radical (unpaired) electrons. The SMILES string of the molecule is CN(C)Cc1cn(-c2ccccc2C(=O)NCc2ccccc2Cl)cn1. The van der Waals surface area contributed by atoms with Gasteiger partial charge in [-0.3, -0.25) is 4.79 Å². The van der Waals surface area contributed by atoms with E-state index in [4.69, 9.17) is 11.6 Å². The summed E-state index contributed by atoms with van der Waals surface area (Å²) in [4.78, 5) is 19.2. The molecule has 0 bridgehead atoms. The van der Waals surface area contributed by atoms with E-state index in [1.807, 2.05) is 73.4 Å². The zero-order chi connectivity index (χ0) is 18.5. The third kappa shape index (κ3) is 4.31. The fourth-order valence-corrected chi connectivity index (χ4v) is 2.91. The number of aromatic nitrogens is 2. The molecule has 1 aromatic heterocycles. The van der Waals surface area contributed by atoms with E-state index in [0.29, 0.717) is 17.1 Å². The van der Waals surface area contributed by atoms with Crippen LogP contribution in [-0.2, 0) is 13.1 Å². The molecule has 0 aliphatic carbocycles. The van der Waals surface area contributed by atoms with Crippen molar-refractivity contribution in [3.63, 3.8) is 0 Å². The summed E-state index contributed by atoms with van der Waals surface area (Å²) < 4.78 is 1.88. The molecule has 0 aliphatic rings. The number of imidazole rings is 1. The molecule has 26 heavy (non-hydrogen) atoms. The Kier molecular flexibility index (Phi) is 5.71. The van der Waals surface area contributed by atoms with Gasteiger partial charge in [0.1, 0.15) is 0 Å². The number of benzene rings is 2. The van der Waals surface area contributed by atoms with Crippen molar-refractivity contribution in [1.82, 2.24) is 19.8 Å². The van der Waals surface area contributed by atoms with Crippen LogP contribution in [0.4, 0.5) is 0 Å². The number of hydrogen-bond acceptors (Lipinski definition) is 3. The van der Waals surface area contributed by atoms with Crippen LogP contribution in [0.25, 0.3) is 5.69 Å². The molecule has 3 rings (SSSR count). The van der Waals surface area contributed by atoms with Crippen molar-refractivity contribution in [2.24, 2.45) is 0 Å². The van der Waals surface area contributed by atoms with E-state index in [9.17, 15) is 4.79 Å². The van der Waals surface area contributed by atoms with Crippen molar-refractivity contribution in [1.29, 1.82) is 0 Å². The maximum atomic E-state index is 12.7. The Morgan fingerprint density at radius 3 is 2.65 bits per heavy atom. The van der Waals surface area contributed by atoms with Crippen LogP contribution in [0.15, 0.2) is 61.1 Å². The van der Waals surface area contributed by atoms with E-state index in [1.165, 1.54) is 0 Å². The van der Waals surface area contributed by atoms with Gasteiger partial charge in [-0.05, 0) is 37.9 Å². The molecule has 1 amide bonds. The first kappa shape index (κ1) is 18.2. The van der Waals surface area contributed by atoms with Crippen LogP contribution in [0, 0.1) is 0 Å². The van der Waals surface area contributed by atoms with Gasteiger partial charge in [-0.1, -0.05) is 41.9 Å². The number of rotatable bonds is 6. The van der Waals surface area contributed by atoms with E-state index in [2.05, 4.69) is 15.2 Å². The first-order chi connectivity index (χ1) is 12.5. The maximum Gasteiger partial charge on any atom is 0.253 e. The summed E-state index contributed by atoms with van der Waals surface area (Å²) in [6.07, 6.45) is 3.68. The lowest BCUT2D eigenvalue weighted by molar-refractivity contribution is 0.0951. The average molecular weight is 369 g/mol. The van der Waals surface area contributed by atoms with Gasteiger partial charge < -0.3 is 14.8 Å². The monoisotopic (exact) mass is 368 g/mol. The van der Waals surface area contributed by atoms with Gasteiger partial charge in [0.05, 0.1) is 23.3 Å². The molecule has 0 spiro atoms. The molecule has 1 heterocycles. The standard InChI is InChI=1S/C20H21ClN4O/c1-24(2)12-16-13-25(14-23-16)19-10-6-4-8-17(19)20(26)22-11-15-7-3-5-9-18(15)21/h3-10,13-14H,11-12H2,1-2H3,(H,22,26). The number of para-hydroxylation sites is 1. The van der Waals surface area contributed by atoms with Gasteiger partial charge in [-0.25, -0.2) is 4.98 Å². The van der Waals surface area contributed by atoms with Crippen LogP contribution in [0.2, 0.25) is 5.02 Å². The highest BCUT2D eigenvalue weighted by Crippen LogP contribution is 2.17. The first-order valence-electron chi connectivity index (χ1n) is 8.33. The fraction of sp³-hybridized carbons (Fsp3) is 0.200. The molecule has 6 heteroatoms. The molecule has 5 nitrogen and oxygen atoms in total. The van der Waals surface area contributed by atoms with Crippen molar-refractivity contribution in [2.75, 3.05) is 14.1 Å². The zero-order valence-electron chi connectivity index (χ0n) is 14.8. The third-order valence-electron chi connectivity index (χ3n) is 3.94. The summed E-state index contributed by atoms with van der Waals surface area (Å²) in [5, 5.41) is 3.58. The highest BCUT2D eigenvalue weighted by atomic mass is 35.5. The number of hydrogen-bond donors (Lipinski definition) is 1. The van der Waals surface area contributed by atoms with Gasteiger partial charge in [0.25, 0.3) is 5.91 Å². The largest absolute Gasteiger partial charge is 0.348 e. The molecule has 134 valence electrons. The minimum Gasteiger partial charge on any atom is -0.348 e. The number of carbonyl (C=O) groups is 1. The van der Waals surface area contributed by atoms with Crippen molar-refractivity contribution in [3.8, 4) is 5.69 Å². The number of halogens is 1. The summed E-state index contributed by atoms with van der Waals surface area (Å²) in [7, 11) is 3.99. The third-order valence-corrected chi connectivity index (χ3v) is 4.31. The molecule has 0 saturated carbocycles. The molecular formula is C20H21ClN4O. The molecule has 3 aromatic rings. The highest BCUT2D eigenvalue weighted by Gasteiger charge is 2.13. The predicted octanol–water partition coefficient (Wildman–Crippen LogP) is 3.52. The lowest BCUT2D eigenvalue weighted by Gasteiger charge is -2.11. The summed E-state index contributed by atoms with van der Waals surface area (Å²) in [6.45, 7) is 1.12. The Hall–Kier alpha value is -2.63. The highest BCUT2D eigenvalue weighted by molar-refractivity contribution is 6.31. The van der Waals surface area contributed by atoms with Gasteiger partial charge in [-0.2, -0.15) is 0 Å². The van der Waals surface area contributed by atoms with E-state index in [0.717, 1.165) is 23.5 Å². The molecule has 0 aliphatic heterocycles. The van der Waals surface area contributed by atoms with Gasteiger partial charge in [0.15, 0.2) is 0 Å². The van der Waals surface area contributed by atoms with Gasteiger partial charge in [-0.15, -0.1) is 0 Å². The normalized spacial score (nSPS) is 10.9. The molecule has 0 saturated heterocycles. The second-order valence-corrected chi connectivity index (χ2v) is 6.71. The predicted molar refractivity (Wildman–Crippen MR) is 104 cm³/mol. The van der Waals surface area contributed by atoms with E-state index in [1.54, 1.807) is 6.33 Å². The van der Waals surface area contributed by atoms with Crippen molar-refractivity contribution >= 4 is 17.5 Å². The van der Waals surface area contributed by atoms with Crippen LogP contribution in [-0.4, -0.2) is 34.5 Å². The smallest absolute Gasteiger partial charge is 0.253 e. The summed E-state index contributed by atoms with van der Waals surface area (Å²) in [5.41, 5.74) is 3.21. The number of amides is 1. The minimum atomic E-state index is -0.150. The van der Waals surface area contributed by atoms with Crippen LogP contribution in [0.1, 0.15) is 21.6 Å². The quantitative estimate of drug-likeness (QED) is 0.724. The van der Waals surface area contributed by atoms with Gasteiger partial charge >= 0.3 is 0 Å². The van der Waals surface area contributed by atoms with Crippen LogP contribution < -0.4 is 5.32 Å². The Bertz CT molecular complexity index is 904. The van der Waals surface area contributed by atoms with Crippen molar-refractivity contribution < 1.29 is 4.79 Å². The minimum absolute atomic E-state index is 0.150. The molecule has 0 atom stereocenters. The molecule has 2 aromatic carbocycles. The van der Waals surface area contributed by atoms with Crippen molar-refractivity contribution in [2.45, 2.75) is 13.1 Å². The van der Waals surface area contributed by atoms with Crippen LogP contribution in [0.3, 0.4) is 0 Å². The molecular weight excluding hydrogens is 348 g/mol. The van der Waals surface area contributed by atoms with Crippen LogP contribution in [0.5, 0.6) is 0 Å². The van der Waals surface area contributed by atoms with E-state index < -0.39 is 0 Å². The summed E-state index contributed by atoms with van der Waals surface area (Å²) in [5.74, 6) is -0.150. The first-order valence-corrected chi connectivity index (χ1v) is 8.71. The average Bonchev–Trinajstić information content (AvgIpc) is 3.08. The molecule has 0 fully saturated rings. The molecule has 1 N–H and O–H groups in total. The van der Waals surface area contributed by atoms with E-state index >= 15 is 0 Å². The number of carbonyl (C=O) groups excluding carboxylic acids is 1.